The molecule has 2 saturated heterocycles. The summed E-state index contributed by atoms with van der Waals surface area (Å²) in [5, 5.41) is 7.60. The van der Waals surface area contributed by atoms with Crippen molar-refractivity contribution in [1.29, 1.82) is 0 Å². The van der Waals surface area contributed by atoms with Crippen LogP contribution in [0.25, 0.3) is 33.5 Å². The summed E-state index contributed by atoms with van der Waals surface area (Å²) in [6, 6.07) is 14.1. The first kappa shape index (κ1) is 27.8. The zero-order valence-electron chi connectivity index (χ0n) is 25.5. The van der Waals surface area contributed by atoms with Crippen LogP contribution in [-0.4, -0.2) is 75.4 Å². The molecule has 3 fully saturated rings. The molecule has 0 spiro atoms. The van der Waals surface area contributed by atoms with Crippen molar-refractivity contribution in [3.05, 3.63) is 48.0 Å². The van der Waals surface area contributed by atoms with Crippen LogP contribution in [0, 0.1) is 11.8 Å². The Labute approximate surface area is 251 Å². The molecule has 2 bridgehead atoms. The van der Waals surface area contributed by atoms with Crippen molar-refractivity contribution in [2.24, 2.45) is 18.9 Å². The summed E-state index contributed by atoms with van der Waals surface area (Å²) in [6.07, 6.45) is 1.40. The lowest BCUT2D eigenvalue weighted by molar-refractivity contribution is 0.0485. The number of carbonyl (C=O) groups excluding carboxylic acids is 2. The van der Waals surface area contributed by atoms with Crippen LogP contribution < -0.4 is 15.4 Å². The number of hydrogen-bond donors (Lipinski definition) is 2. The van der Waals surface area contributed by atoms with Gasteiger partial charge in [-0.2, -0.15) is 0 Å². The number of benzene rings is 2. The van der Waals surface area contributed by atoms with Gasteiger partial charge in [-0.15, -0.1) is 0 Å². The molecule has 1 saturated carbocycles. The van der Waals surface area contributed by atoms with Gasteiger partial charge in [0.15, 0.2) is 5.82 Å². The highest BCUT2D eigenvalue weighted by Gasteiger charge is 2.50. The van der Waals surface area contributed by atoms with Crippen LogP contribution in [0.3, 0.4) is 0 Å². The molecule has 10 nitrogen and oxygen atoms in total. The van der Waals surface area contributed by atoms with Crippen LogP contribution >= 0.6 is 0 Å². The fourth-order valence-corrected chi connectivity index (χ4v) is 7.18. The van der Waals surface area contributed by atoms with Gasteiger partial charge in [0, 0.05) is 55.6 Å². The van der Waals surface area contributed by atoms with E-state index in [-0.39, 0.29) is 23.9 Å². The molecule has 1 aliphatic carbocycles. The van der Waals surface area contributed by atoms with Crippen LogP contribution in [0.4, 0.5) is 4.79 Å². The summed E-state index contributed by atoms with van der Waals surface area (Å²) in [5.74, 6) is 2.14. The van der Waals surface area contributed by atoms with Gasteiger partial charge in [-0.3, -0.25) is 4.79 Å². The molecule has 2 aromatic heterocycles. The van der Waals surface area contributed by atoms with E-state index in [9.17, 15) is 9.59 Å². The summed E-state index contributed by atoms with van der Waals surface area (Å²) < 4.78 is 15.9. The molecule has 2 unspecified atom stereocenters. The van der Waals surface area contributed by atoms with Gasteiger partial charge in [0.2, 0.25) is 0 Å². The van der Waals surface area contributed by atoms with E-state index >= 15 is 0 Å². The molecule has 4 aromatic rings. The van der Waals surface area contributed by atoms with Gasteiger partial charge < -0.3 is 34.1 Å². The maximum absolute atomic E-state index is 14.1. The lowest BCUT2D eigenvalue weighted by Crippen LogP contribution is -2.46. The number of alkyl carbamates (subject to hydrolysis) is 1. The first-order valence-corrected chi connectivity index (χ1v) is 15.3. The molecule has 2 amide bonds. The van der Waals surface area contributed by atoms with E-state index in [2.05, 4.69) is 57.1 Å². The average molecular weight is 585 g/mol. The first-order valence-electron chi connectivity index (χ1n) is 15.3. The minimum Gasteiger partial charge on any atom is -0.494 e. The third kappa shape index (κ3) is 4.81. The predicted octanol–water partition coefficient (Wildman–Crippen LogP) is 4.55. The molecule has 4 heterocycles. The van der Waals surface area contributed by atoms with E-state index < -0.39 is 11.7 Å². The minimum absolute atomic E-state index is 0.0627. The van der Waals surface area contributed by atoms with Crippen molar-refractivity contribution in [1.82, 2.24) is 29.7 Å². The molecule has 0 radical (unpaired) electrons. The number of piperidine rings is 1. The Morgan fingerprint density at radius 2 is 1.91 bits per heavy atom. The molecule has 2 aromatic carbocycles. The number of ether oxygens (including phenoxy) is 2. The van der Waals surface area contributed by atoms with Gasteiger partial charge in [-0.1, -0.05) is 18.2 Å². The average Bonchev–Trinajstić information content (AvgIpc) is 3.69. The number of likely N-dealkylation sites (tertiary alicyclic amines) is 1. The highest BCUT2D eigenvalue weighted by molar-refractivity contribution is 6.00. The summed E-state index contributed by atoms with van der Waals surface area (Å²) >= 11 is 0. The number of nitrogens with one attached hydrogen (secondary N) is 2. The van der Waals surface area contributed by atoms with Crippen LogP contribution in [0.1, 0.15) is 44.0 Å². The van der Waals surface area contributed by atoms with E-state index in [4.69, 9.17) is 14.5 Å². The fraction of sp³-hybridized carbons (Fsp3) is 0.485. The maximum Gasteiger partial charge on any atom is 0.407 e. The topological polar surface area (TPSA) is 103 Å². The molecule has 3 atom stereocenters. The summed E-state index contributed by atoms with van der Waals surface area (Å²) in [5.41, 5.74) is 3.77. The zero-order chi connectivity index (χ0) is 30.0. The third-order valence-corrected chi connectivity index (χ3v) is 9.29. The summed E-state index contributed by atoms with van der Waals surface area (Å²) in [7, 11) is 3.73. The number of imidazole rings is 1. The number of aromatic nitrogens is 3. The Morgan fingerprint density at radius 3 is 2.60 bits per heavy atom. The number of fused-ring (bicyclic) bond motifs is 4. The van der Waals surface area contributed by atoms with Gasteiger partial charge in [0.05, 0.1) is 30.4 Å². The lowest BCUT2D eigenvalue weighted by Gasteiger charge is -2.29. The quantitative estimate of drug-likeness (QED) is 0.345. The fourth-order valence-electron chi connectivity index (χ4n) is 7.18. The number of hydrogen-bond acceptors (Lipinski definition) is 6. The Kier molecular flexibility index (Phi) is 6.65. The normalized spacial score (nSPS) is 21.9. The van der Waals surface area contributed by atoms with E-state index in [1.165, 1.54) is 0 Å². The van der Waals surface area contributed by atoms with E-state index in [0.29, 0.717) is 23.8 Å². The Hall–Kier alpha value is -4.05. The Balaban J connectivity index is 1.25. The van der Waals surface area contributed by atoms with E-state index in [1.807, 2.05) is 37.8 Å². The van der Waals surface area contributed by atoms with Gasteiger partial charge in [-0.25, -0.2) is 9.78 Å². The molecule has 2 aliphatic heterocycles. The SMILES string of the molecule is COc1cc(C(=O)N2CC3CCC2[C@@H]3NC(=O)OC(C)(C)C)cc2nc(-c3cc4ccccc4n3C)n(CC3CNC3)c12. The zero-order valence-corrected chi connectivity index (χ0v) is 25.5. The Bertz CT molecular complexity index is 1730. The van der Waals surface area contributed by atoms with Gasteiger partial charge >= 0.3 is 6.09 Å². The highest BCUT2D eigenvalue weighted by atomic mass is 16.6. The molecule has 7 rings (SSSR count). The van der Waals surface area contributed by atoms with Crippen LogP contribution in [0.15, 0.2) is 42.5 Å². The van der Waals surface area contributed by atoms with Crippen molar-refractivity contribution in [2.75, 3.05) is 26.7 Å². The third-order valence-electron chi connectivity index (χ3n) is 9.29. The molecular formula is C33H40N6O4. The number of methoxy groups -OCH3 is 1. The largest absolute Gasteiger partial charge is 0.494 e. The number of para-hydroxylation sites is 1. The summed E-state index contributed by atoms with van der Waals surface area (Å²) in [4.78, 5) is 33.7. The van der Waals surface area contributed by atoms with E-state index in [1.54, 1.807) is 7.11 Å². The minimum atomic E-state index is -0.577. The van der Waals surface area contributed by atoms with Crippen LogP contribution in [0.2, 0.25) is 0 Å². The van der Waals surface area contributed by atoms with Gasteiger partial charge in [0.25, 0.3) is 5.91 Å². The molecular weight excluding hydrogens is 544 g/mol. The number of aryl methyl sites for hydroxylation is 1. The molecule has 226 valence electrons. The molecule has 43 heavy (non-hydrogen) atoms. The molecule has 10 heteroatoms. The van der Waals surface area contributed by atoms with Gasteiger partial charge in [-0.05, 0) is 63.8 Å². The Morgan fingerprint density at radius 1 is 1.12 bits per heavy atom. The molecule has 3 aliphatic rings. The summed E-state index contributed by atoms with van der Waals surface area (Å²) in [6.45, 7) is 8.89. The first-order chi connectivity index (χ1) is 20.6. The van der Waals surface area contributed by atoms with Crippen LogP contribution in [0.5, 0.6) is 5.75 Å². The van der Waals surface area contributed by atoms with Crippen molar-refractivity contribution >= 4 is 33.9 Å². The smallest absolute Gasteiger partial charge is 0.407 e. The van der Waals surface area contributed by atoms with Crippen LogP contribution in [-0.2, 0) is 18.3 Å². The van der Waals surface area contributed by atoms with Gasteiger partial charge in [0.1, 0.15) is 16.9 Å². The predicted molar refractivity (Wildman–Crippen MR) is 165 cm³/mol. The van der Waals surface area contributed by atoms with Crippen molar-refractivity contribution in [2.45, 2.75) is 57.8 Å². The van der Waals surface area contributed by atoms with E-state index in [0.717, 1.165) is 65.9 Å². The van der Waals surface area contributed by atoms with Crippen molar-refractivity contribution in [3.63, 3.8) is 0 Å². The number of carbonyl (C=O) groups is 2. The maximum atomic E-state index is 14.1. The number of nitrogens with zero attached hydrogens (tertiary/aromatic N) is 4. The molecule has 2 N–H and O–H groups in total. The second kappa shape index (κ2) is 10.3. The number of amides is 2. The highest BCUT2D eigenvalue weighted by Crippen LogP contribution is 2.40. The monoisotopic (exact) mass is 584 g/mol. The standard InChI is InChI=1S/C33H40N6O4/c1-33(2,3)43-32(41)36-28-21-10-11-25(28)38(18-21)31(40)22-12-23-29(27(14-22)42-5)39(17-19-15-34-16-19)30(35-23)26-13-20-8-6-7-9-24(20)37(26)4/h6-9,12-14,19,21,25,28,34H,10-11,15-18H2,1-5H3,(H,36,41)/t21?,25?,28-/m1/s1. The second-order valence-electron chi connectivity index (χ2n) is 13.3. The lowest BCUT2D eigenvalue weighted by atomic mass is 10.0. The van der Waals surface area contributed by atoms with Crippen molar-refractivity contribution < 1.29 is 19.1 Å². The number of rotatable bonds is 6. The van der Waals surface area contributed by atoms with Crippen molar-refractivity contribution in [3.8, 4) is 17.3 Å². The second-order valence-corrected chi connectivity index (χ2v) is 13.3.